The van der Waals surface area contributed by atoms with Gasteiger partial charge in [-0.25, -0.2) is 0 Å². The Kier molecular flexibility index (Phi) is 3.52. The van der Waals surface area contributed by atoms with Crippen molar-refractivity contribution in [2.24, 2.45) is 0 Å². The summed E-state index contributed by atoms with van der Waals surface area (Å²) in [6.45, 7) is 0. The number of anilines is 1. The molecule has 0 saturated heterocycles. The van der Waals surface area contributed by atoms with E-state index < -0.39 is 0 Å². The molecule has 0 radical (unpaired) electrons. The smallest absolute Gasteiger partial charge is 0.294 e. The molecular weight excluding hydrogens is 250 g/mol. The van der Waals surface area contributed by atoms with Gasteiger partial charge >= 0.3 is 0 Å². The van der Waals surface area contributed by atoms with Crippen LogP contribution in [0.3, 0.4) is 0 Å². The lowest BCUT2D eigenvalue weighted by Crippen LogP contribution is -2.33. The van der Waals surface area contributed by atoms with E-state index in [4.69, 9.17) is 11.6 Å². The molecule has 6 nitrogen and oxygen atoms in total. The van der Waals surface area contributed by atoms with Gasteiger partial charge in [-0.15, -0.1) is 10.2 Å². The zero-order valence-electron chi connectivity index (χ0n) is 9.83. The topological polar surface area (TPSA) is 99.8 Å². The van der Waals surface area contributed by atoms with Crippen molar-refractivity contribution in [2.75, 3.05) is 17.8 Å². The van der Waals surface area contributed by atoms with Crippen LogP contribution in [-0.4, -0.2) is 21.1 Å². The summed E-state index contributed by atoms with van der Waals surface area (Å²) in [7, 11) is 0. The van der Waals surface area contributed by atoms with Crippen LogP contribution < -0.4 is 17.1 Å². The summed E-state index contributed by atoms with van der Waals surface area (Å²) in [6.07, 6.45) is 2.10. The number of thioether (sulfide) groups is 1. The second kappa shape index (κ2) is 5.09. The second-order valence-electron chi connectivity index (χ2n) is 3.68. The first-order valence-electron chi connectivity index (χ1n) is 5.24. The van der Waals surface area contributed by atoms with Gasteiger partial charge in [-0.3, -0.25) is 4.79 Å². The Morgan fingerprint density at radius 3 is 2.72 bits per heavy atom. The van der Waals surface area contributed by atoms with E-state index in [1.54, 1.807) is 12.3 Å². The van der Waals surface area contributed by atoms with E-state index in [0.29, 0.717) is 17.3 Å². The summed E-state index contributed by atoms with van der Waals surface area (Å²) in [5, 5.41) is 8.18. The van der Waals surface area contributed by atoms with Gasteiger partial charge in [-0.1, -0.05) is 30.0 Å². The van der Waals surface area contributed by atoms with Gasteiger partial charge in [0.15, 0.2) is 0 Å². The Balaban J connectivity index is 2.40. The van der Waals surface area contributed by atoms with Gasteiger partial charge in [0, 0.05) is 12.1 Å². The van der Waals surface area contributed by atoms with Crippen LogP contribution in [0.15, 0.2) is 34.2 Å². The van der Waals surface area contributed by atoms with Gasteiger partial charge < -0.3 is 11.6 Å². The van der Waals surface area contributed by atoms with Crippen LogP contribution in [0, 0.1) is 0 Å². The Morgan fingerprint density at radius 2 is 2.06 bits per heavy atom. The predicted octanol–water partition coefficient (Wildman–Crippen LogP) is 0.247. The molecule has 0 unspecified atom stereocenters. The molecule has 0 atom stereocenters. The van der Waals surface area contributed by atoms with E-state index in [1.165, 1.54) is 11.8 Å². The lowest BCUT2D eigenvalue weighted by atomic mass is 10.1. The minimum Gasteiger partial charge on any atom is -0.398 e. The van der Waals surface area contributed by atoms with Crippen LogP contribution in [0.1, 0.15) is 11.3 Å². The molecule has 4 N–H and O–H groups in total. The molecule has 0 amide bonds. The number of hydrogen-bond acceptors (Lipinski definition) is 6. The summed E-state index contributed by atoms with van der Waals surface area (Å²) < 4.78 is 1.01. The summed E-state index contributed by atoms with van der Waals surface area (Å²) >= 11 is 1.27. The van der Waals surface area contributed by atoms with Gasteiger partial charge in [0.2, 0.25) is 5.16 Å². The Labute approximate surface area is 108 Å². The van der Waals surface area contributed by atoms with Gasteiger partial charge in [0.05, 0.1) is 0 Å². The molecule has 0 bridgehead atoms. The molecule has 7 heteroatoms. The van der Waals surface area contributed by atoms with Crippen LogP contribution in [0.4, 0.5) is 5.69 Å². The highest BCUT2D eigenvalue weighted by molar-refractivity contribution is 7.98. The summed E-state index contributed by atoms with van der Waals surface area (Å²) in [4.78, 5) is 11.9. The monoisotopic (exact) mass is 263 g/mol. The average molecular weight is 263 g/mol. The number of rotatable bonds is 3. The quantitative estimate of drug-likeness (QED) is 0.467. The molecule has 94 valence electrons. The van der Waals surface area contributed by atoms with Crippen LogP contribution in [0.2, 0.25) is 0 Å². The van der Waals surface area contributed by atoms with Crippen molar-refractivity contribution >= 4 is 17.4 Å². The van der Waals surface area contributed by atoms with Crippen LogP contribution in [-0.2, 0) is 6.42 Å². The van der Waals surface area contributed by atoms with Gasteiger partial charge in [-0.2, -0.15) is 4.68 Å². The number of para-hydroxylation sites is 1. The first-order valence-corrected chi connectivity index (χ1v) is 6.47. The molecule has 2 rings (SSSR count). The third kappa shape index (κ3) is 2.30. The lowest BCUT2D eigenvalue weighted by Gasteiger charge is -2.07. The Bertz CT molecular complexity index is 625. The Hall–Kier alpha value is -2.02. The molecule has 0 aliphatic carbocycles. The molecule has 0 saturated carbocycles. The van der Waals surface area contributed by atoms with Crippen LogP contribution in [0.25, 0.3) is 0 Å². The molecule has 1 heterocycles. The minimum atomic E-state index is -0.349. The summed E-state index contributed by atoms with van der Waals surface area (Å²) in [5.74, 6) is 5.64. The maximum Gasteiger partial charge on any atom is 0.294 e. The Morgan fingerprint density at radius 1 is 1.33 bits per heavy atom. The fraction of sp³-hybridized carbons (Fsp3) is 0.182. The van der Waals surface area contributed by atoms with Gasteiger partial charge in [-0.05, 0) is 17.9 Å². The number of nitrogens with two attached hydrogens (primary N) is 2. The van der Waals surface area contributed by atoms with Crippen molar-refractivity contribution in [3.63, 3.8) is 0 Å². The van der Waals surface area contributed by atoms with E-state index in [1.807, 2.05) is 18.2 Å². The molecule has 18 heavy (non-hydrogen) atoms. The average Bonchev–Trinajstić information content (AvgIpc) is 2.38. The highest BCUT2D eigenvalue weighted by atomic mass is 32.2. The number of nitrogens with zero attached hydrogens (tertiary/aromatic N) is 3. The van der Waals surface area contributed by atoms with Crippen molar-refractivity contribution in [1.29, 1.82) is 0 Å². The highest BCUT2D eigenvalue weighted by Gasteiger charge is 2.11. The third-order valence-corrected chi connectivity index (χ3v) is 3.17. The fourth-order valence-electron chi connectivity index (χ4n) is 1.55. The molecule has 0 aliphatic rings. The summed E-state index contributed by atoms with van der Waals surface area (Å²) in [5.41, 5.74) is 7.21. The van der Waals surface area contributed by atoms with E-state index in [-0.39, 0.29) is 11.3 Å². The molecule has 0 aliphatic heterocycles. The first-order chi connectivity index (χ1) is 8.63. The van der Waals surface area contributed by atoms with E-state index in [0.717, 1.165) is 10.2 Å². The van der Waals surface area contributed by atoms with Crippen molar-refractivity contribution < 1.29 is 0 Å². The summed E-state index contributed by atoms with van der Waals surface area (Å²) in [6, 6.07) is 7.32. The molecule has 0 spiro atoms. The molecule has 2 aromatic rings. The van der Waals surface area contributed by atoms with Crippen molar-refractivity contribution in [1.82, 2.24) is 14.9 Å². The van der Waals surface area contributed by atoms with Gasteiger partial charge in [0.1, 0.15) is 5.69 Å². The lowest BCUT2D eigenvalue weighted by molar-refractivity contribution is 0.673. The van der Waals surface area contributed by atoms with Crippen molar-refractivity contribution in [3.8, 4) is 0 Å². The number of hydrogen-bond donors (Lipinski definition) is 2. The zero-order valence-corrected chi connectivity index (χ0v) is 10.6. The molecule has 1 aromatic carbocycles. The maximum atomic E-state index is 11.9. The van der Waals surface area contributed by atoms with Crippen molar-refractivity contribution in [3.05, 3.63) is 45.9 Å². The predicted molar refractivity (Wildman–Crippen MR) is 71.9 cm³/mol. The number of nitrogen functional groups attached to an aromatic ring is 2. The second-order valence-corrected chi connectivity index (χ2v) is 4.46. The number of aromatic nitrogens is 3. The first kappa shape index (κ1) is 12.4. The van der Waals surface area contributed by atoms with E-state index >= 15 is 0 Å². The third-order valence-electron chi connectivity index (χ3n) is 2.52. The largest absolute Gasteiger partial charge is 0.398 e. The minimum absolute atomic E-state index is 0.285. The molecular formula is C11H13N5OS. The number of benzene rings is 1. The maximum absolute atomic E-state index is 11.9. The zero-order chi connectivity index (χ0) is 13.1. The fourth-order valence-corrected chi connectivity index (χ4v) is 1.95. The standard InChI is InChI=1S/C11H13N5OS/c1-18-11-15-14-9(10(17)16(11)13)6-7-4-2-3-5-8(7)12/h2-5H,6,12-13H2,1H3. The van der Waals surface area contributed by atoms with E-state index in [2.05, 4.69) is 10.2 Å². The van der Waals surface area contributed by atoms with Crippen LogP contribution in [0.5, 0.6) is 0 Å². The normalized spacial score (nSPS) is 10.5. The highest BCUT2D eigenvalue weighted by Crippen LogP contribution is 2.13. The van der Waals surface area contributed by atoms with Crippen LogP contribution >= 0.6 is 11.8 Å². The van der Waals surface area contributed by atoms with E-state index in [9.17, 15) is 4.79 Å². The van der Waals surface area contributed by atoms with Crippen molar-refractivity contribution in [2.45, 2.75) is 11.6 Å². The van der Waals surface area contributed by atoms with Gasteiger partial charge in [0.25, 0.3) is 5.56 Å². The molecule has 0 fully saturated rings. The SMILES string of the molecule is CSc1nnc(Cc2ccccc2N)c(=O)n1N. The molecule has 1 aromatic heterocycles.